The summed E-state index contributed by atoms with van der Waals surface area (Å²) in [4.78, 5) is 16.9. The van der Waals surface area contributed by atoms with Crippen molar-refractivity contribution in [3.8, 4) is 11.1 Å². The van der Waals surface area contributed by atoms with Crippen LogP contribution in [0.25, 0.3) is 16.6 Å². The number of rotatable bonds is 5. The number of nitrogens with one attached hydrogen (secondary N) is 1. The molecule has 2 heterocycles. The number of nitrogens with zero attached hydrogens (tertiary/aromatic N) is 2. The summed E-state index contributed by atoms with van der Waals surface area (Å²) in [6, 6.07) is 20.3. The average molecular weight is 371 g/mol. The van der Waals surface area contributed by atoms with Crippen LogP contribution in [0.5, 0.6) is 0 Å². The standard InChI is InChI=1S/C21H18BN3O3/c26-21(24-17-8-6-16(7-9-17)22(27)28)12-20-19(15-4-2-1-3-5-15)11-10-18-13-23-14-25(18)20/h1-11,13-14,27-28H,12H2,(H,24,26). The maximum Gasteiger partial charge on any atom is 0.488 e. The van der Waals surface area contributed by atoms with Crippen LogP contribution in [-0.2, 0) is 11.2 Å². The predicted octanol–water partition coefficient (Wildman–Crippen LogP) is 1.86. The van der Waals surface area contributed by atoms with Crippen molar-refractivity contribution in [2.45, 2.75) is 6.42 Å². The zero-order valence-corrected chi connectivity index (χ0v) is 15.0. The number of amides is 1. The van der Waals surface area contributed by atoms with Crippen molar-refractivity contribution in [3.05, 3.63) is 84.9 Å². The smallest absolute Gasteiger partial charge is 0.423 e. The molecule has 0 fully saturated rings. The molecular formula is C21H18BN3O3. The number of hydrogen-bond donors (Lipinski definition) is 3. The molecule has 0 saturated carbocycles. The Morgan fingerprint density at radius 1 is 1.00 bits per heavy atom. The highest BCUT2D eigenvalue weighted by atomic mass is 16.4. The lowest BCUT2D eigenvalue weighted by atomic mass is 9.80. The van der Waals surface area contributed by atoms with Crippen LogP contribution in [0.15, 0.2) is 79.3 Å². The minimum absolute atomic E-state index is 0.169. The first kappa shape index (κ1) is 18.0. The molecule has 0 spiro atoms. The van der Waals surface area contributed by atoms with Gasteiger partial charge in [0.2, 0.25) is 5.91 Å². The zero-order chi connectivity index (χ0) is 19.5. The minimum atomic E-state index is -1.53. The van der Waals surface area contributed by atoms with Crippen molar-refractivity contribution in [2.24, 2.45) is 0 Å². The van der Waals surface area contributed by atoms with Gasteiger partial charge in [-0.25, -0.2) is 4.98 Å². The molecule has 138 valence electrons. The maximum absolute atomic E-state index is 12.7. The molecule has 1 amide bonds. The Morgan fingerprint density at radius 2 is 1.75 bits per heavy atom. The molecule has 4 aromatic rings. The van der Waals surface area contributed by atoms with Crippen LogP contribution in [-0.4, -0.2) is 32.5 Å². The fourth-order valence-electron chi connectivity index (χ4n) is 3.21. The van der Waals surface area contributed by atoms with Crippen LogP contribution in [0.2, 0.25) is 0 Å². The largest absolute Gasteiger partial charge is 0.488 e. The summed E-state index contributed by atoms with van der Waals surface area (Å²) in [6.07, 6.45) is 3.64. The molecule has 4 rings (SSSR count). The summed E-state index contributed by atoms with van der Waals surface area (Å²) in [5.41, 5.74) is 4.73. The van der Waals surface area contributed by atoms with Crippen molar-refractivity contribution in [2.75, 3.05) is 5.32 Å². The first-order chi connectivity index (χ1) is 13.6. The average Bonchev–Trinajstić information content (AvgIpc) is 3.18. The second-order valence-electron chi connectivity index (χ2n) is 6.47. The van der Waals surface area contributed by atoms with Gasteiger partial charge in [0.25, 0.3) is 0 Å². The van der Waals surface area contributed by atoms with E-state index < -0.39 is 7.12 Å². The molecule has 2 aromatic carbocycles. The van der Waals surface area contributed by atoms with Gasteiger partial charge in [-0.15, -0.1) is 0 Å². The Bertz CT molecular complexity index is 1110. The number of fused-ring (bicyclic) bond motifs is 1. The Hall–Kier alpha value is -3.42. The molecule has 0 atom stereocenters. The van der Waals surface area contributed by atoms with E-state index in [0.717, 1.165) is 22.3 Å². The number of imidazole rings is 1. The molecule has 0 unspecified atom stereocenters. The van der Waals surface area contributed by atoms with Gasteiger partial charge < -0.3 is 19.8 Å². The summed E-state index contributed by atoms with van der Waals surface area (Å²) in [5.74, 6) is -0.171. The normalized spacial score (nSPS) is 10.8. The first-order valence-corrected chi connectivity index (χ1v) is 8.87. The van der Waals surface area contributed by atoms with E-state index >= 15 is 0 Å². The maximum atomic E-state index is 12.7. The van der Waals surface area contributed by atoms with Crippen LogP contribution in [0.4, 0.5) is 5.69 Å². The number of carbonyl (C=O) groups excluding carboxylic acids is 1. The number of hydrogen-bond acceptors (Lipinski definition) is 4. The molecule has 6 nitrogen and oxygen atoms in total. The SMILES string of the molecule is O=C(Cc1c(-c2ccccc2)ccc2cncn12)Nc1ccc(B(O)O)cc1. The summed E-state index contributed by atoms with van der Waals surface area (Å²) in [5, 5.41) is 21.2. The fourth-order valence-corrected chi connectivity index (χ4v) is 3.21. The fraction of sp³-hybridized carbons (Fsp3) is 0.0476. The Morgan fingerprint density at radius 3 is 2.46 bits per heavy atom. The Kier molecular flexibility index (Phi) is 4.93. The second-order valence-corrected chi connectivity index (χ2v) is 6.47. The summed E-state index contributed by atoms with van der Waals surface area (Å²) < 4.78 is 1.92. The number of benzene rings is 2. The molecule has 2 aromatic heterocycles. The zero-order valence-electron chi connectivity index (χ0n) is 15.0. The first-order valence-electron chi connectivity index (χ1n) is 8.87. The van der Waals surface area contributed by atoms with Gasteiger partial charge in [-0.1, -0.05) is 48.5 Å². The molecule has 0 saturated heterocycles. The Balaban J connectivity index is 1.63. The van der Waals surface area contributed by atoms with Crippen LogP contribution in [0.3, 0.4) is 0 Å². The molecule has 0 aliphatic rings. The van der Waals surface area contributed by atoms with E-state index in [0.29, 0.717) is 11.2 Å². The van der Waals surface area contributed by atoms with Crippen molar-refractivity contribution >= 4 is 29.7 Å². The second kappa shape index (κ2) is 7.68. The molecule has 0 aliphatic carbocycles. The highest BCUT2D eigenvalue weighted by Gasteiger charge is 2.15. The minimum Gasteiger partial charge on any atom is -0.423 e. The highest BCUT2D eigenvalue weighted by Crippen LogP contribution is 2.25. The van der Waals surface area contributed by atoms with Crippen molar-refractivity contribution in [3.63, 3.8) is 0 Å². The topological polar surface area (TPSA) is 86.9 Å². The lowest BCUT2D eigenvalue weighted by Gasteiger charge is -2.13. The number of carbonyl (C=O) groups is 1. The summed E-state index contributed by atoms with van der Waals surface area (Å²) in [7, 11) is -1.53. The van der Waals surface area contributed by atoms with Crippen LogP contribution >= 0.6 is 0 Å². The lowest BCUT2D eigenvalue weighted by molar-refractivity contribution is -0.115. The number of pyridine rings is 1. The van der Waals surface area contributed by atoms with E-state index in [9.17, 15) is 4.79 Å². The van der Waals surface area contributed by atoms with Crippen LogP contribution < -0.4 is 10.8 Å². The summed E-state index contributed by atoms with van der Waals surface area (Å²) in [6.45, 7) is 0. The third-order valence-electron chi connectivity index (χ3n) is 4.59. The molecule has 3 N–H and O–H groups in total. The lowest BCUT2D eigenvalue weighted by Crippen LogP contribution is -2.29. The van der Waals surface area contributed by atoms with E-state index in [2.05, 4.69) is 10.3 Å². The molecule has 0 radical (unpaired) electrons. The van der Waals surface area contributed by atoms with Gasteiger partial charge in [0.05, 0.1) is 24.5 Å². The van der Waals surface area contributed by atoms with E-state index in [1.165, 1.54) is 0 Å². The van der Waals surface area contributed by atoms with E-state index in [-0.39, 0.29) is 12.3 Å². The van der Waals surface area contributed by atoms with E-state index in [4.69, 9.17) is 10.0 Å². The third-order valence-corrected chi connectivity index (χ3v) is 4.59. The quantitative estimate of drug-likeness (QED) is 0.468. The van der Waals surface area contributed by atoms with E-state index in [1.807, 2.05) is 46.9 Å². The predicted molar refractivity (Wildman–Crippen MR) is 109 cm³/mol. The molecular weight excluding hydrogens is 353 g/mol. The van der Waals surface area contributed by atoms with Crippen molar-refractivity contribution < 1.29 is 14.8 Å². The van der Waals surface area contributed by atoms with Crippen LogP contribution in [0, 0.1) is 0 Å². The van der Waals surface area contributed by atoms with Gasteiger partial charge in [0.1, 0.15) is 0 Å². The third kappa shape index (κ3) is 3.66. The molecule has 7 heteroatoms. The van der Waals surface area contributed by atoms with Crippen molar-refractivity contribution in [1.82, 2.24) is 9.38 Å². The monoisotopic (exact) mass is 371 g/mol. The molecule has 0 bridgehead atoms. The van der Waals surface area contributed by atoms with E-state index in [1.54, 1.807) is 36.8 Å². The number of aromatic nitrogens is 2. The van der Waals surface area contributed by atoms with Gasteiger partial charge in [-0.3, -0.25) is 4.79 Å². The van der Waals surface area contributed by atoms with Gasteiger partial charge in [0, 0.05) is 16.9 Å². The molecule has 28 heavy (non-hydrogen) atoms. The van der Waals surface area contributed by atoms with Crippen molar-refractivity contribution in [1.29, 1.82) is 0 Å². The summed E-state index contributed by atoms with van der Waals surface area (Å²) >= 11 is 0. The molecule has 0 aliphatic heterocycles. The highest BCUT2D eigenvalue weighted by molar-refractivity contribution is 6.58. The number of anilines is 1. The van der Waals surface area contributed by atoms with Gasteiger partial charge in [-0.2, -0.15) is 0 Å². The van der Waals surface area contributed by atoms with Gasteiger partial charge in [-0.05, 0) is 29.2 Å². The van der Waals surface area contributed by atoms with Crippen LogP contribution in [0.1, 0.15) is 5.69 Å². The van der Waals surface area contributed by atoms with Gasteiger partial charge in [0.15, 0.2) is 0 Å². The Labute approximate surface area is 162 Å². The van der Waals surface area contributed by atoms with Gasteiger partial charge >= 0.3 is 7.12 Å².